The highest BCUT2D eigenvalue weighted by molar-refractivity contribution is 7.14. The maximum Gasteiger partial charge on any atom is 0.131 e. The summed E-state index contributed by atoms with van der Waals surface area (Å²) in [5, 5.41) is 9.66. The molecule has 4 rings (SSSR count). The second-order valence-electron chi connectivity index (χ2n) is 6.92. The molecule has 0 aliphatic rings. The number of thiophene rings is 1. The monoisotopic (exact) mass is 425 g/mol. The summed E-state index contributed by atoms with van der Waals surface area (Å²) in [7, 11) is 1.56. The van der Waals surface area contributed by atoms with Gasteiger partial charge in [-0.15, -0.1) is 11.3 Å². The van der Waals surface area contributed by atoms with Crippen molar-refractivity contribution in [2.45, 2.75) is 20.4 Å². The lowest BCUT2D eigenvalue weighted by atomic mass is 10.2. The van der Waals surface area contributed by atoms with Crippen molar-refractivity contribution in [2.75, 3.05) is 30.8 Å². The molecule has 1 aromatic carbocycles. The molecule has 0 atom stereocenters. The van der Waals surface area contributed by atoms with Gasteiger partial charge in [0.05, 0.1) is 23.2 Å². The van der Waals surface area contributed by atoms with Crippen molar-refractivity contribution in [1.29, 1.82) is 0 Å². The van der Waals surface area contributed by atoms with Gasteiger partial charge in [-0.3, -0.25) is 0 Å². The lowest BCUT2D eigenvalue weighted by Crippen LogP contribution is -2.12. The Hall–Kier alpha value is -3.13. The molecule has 30 heavy (non-hydrogen) atoms. The fraction of sp³-hybridized carbons (Fsp3) is 0.273. The molecule has 0 saturated carbocycles. The van der Waals surface area contributed by atoms with E-state index in [1.165, 1.54) is 6.07 Å². The highest BCUT2D eigenvalue weighted by Crippen LogP contribution is 2.31. The van der Waals surface area contributed by atoms with Gasteiger partial charge in [-0.2, -0.15) is 0 Å². The van der Waals surface area contributed by atoms with Crippen molar-refractivity contribution in [3.05, 3.63) is 53.6 Å². The third kappa shape index (κ3) is 4.09. The molecule has 8 heteroatoms. The summed E-state index contributed by atoms with van der Waals surface area (Å²) in [4.78, 5) is 9.82. The van der Waals surface area contributed by atoms with Gasteiger partial charge in [0.15, 0.2) is 0 Å². The Morgan fingerprint density at radius 2 is 2.00 bits per heavy atom. The van der Waals surface area contributed by atoms with E-state index in [4.69, 9.17) is 4.74 Å². The van der Waals surface area contributed by atoms with Gasteiger partial charge in [-0.05, 0) is 32.0 Å². The Morgan fingerprint density at radius 1 is 1.13 bits per heavy atom. The van der Waals surface area contributed by atoms with Crippen molar-refractivity contribution < 1.29 is 9.13 Å². The molecule has 0 aliphatic carbocycles. The van der Waals surface area contributed by atoms with E-state index in [0.29, 0.717) is 18.8 Å². The molecule has 0 spiro atoms. The van der Waals surface area contributed by atoms with E-state index in [1.807, 2.05) is 19.1 Å². The maximum absolute atomic E-state index is 14.0. The van der Waals surface area contributed by atoms with Crippen molar-refractivity contribution >= 4 is 33.7 Å². The number of nitrogens with one attached hydrogen (secondary N) is 2. The average Bonchev–Trinajstić information content (AvgIpc) is 3.33. The van der Waals surface area contributed by atoms with Crippen LogP contribution in [-0.4, -0.2) is 34.7 Å². The van der Waals surface area contributed by atoms with Crippen molar-refractivity contribution in [1.82, 2.24) is 14.5 Å². The van der Waals surface area contributed by atoms with Gasteiger partial charge >= 0.3 is 0 Å². The van der Waals surface area contributed by atoms with Crippen molar-refractivity contribution in [2.24, 2.45) is 0 Å². The van der Waals surface area contributed by atoms with Gasteiger partial charge in [0.25, 0.3) is 0 Å². The van der Waals surface area contributed by atoms with Gasteiger partial charge in [-0.1, -0.05) is 0 Å². The van der Waals surface area contributed by atoms with Gasteiger partial charge < -0.3 is 19.9 Å². The summed E-state index contributed by atoms with van der Waals surface area (Å²) in [5.41, 5.74) is 3.86. The Bertz CT molecular complexity index is 1170. The molecule has 3 heterocycles. The molecule has 3 aromatic heterocycles. The summed E-state index contributed by atoms with van der Waals surface area (Å²) in [6, 6.07) is 9.03. The van der Waals surface area contributed by atoms with Crippen LogP contribution in [0.15, 0.2) is 42.0 Å². The largest absolute Gasteiger partial charge is 0.496 e. The average molecular weight is 426 g/mol. The number of fused-ring (bicyclic) bond motifs is 1. The lowest BCUT2D eigenvalue weighted by molar-refractivity contribution is 0.416. The molecule has 0 bridgehead atoms. The molecule has 0 amide bonds. The van der Waals surface area contributed by atoms with Crippen molar-refractivity contribution in [3.8, 4) is 16.3 Å². The first-order valence-corrected chi connectivity index (χ1v) is 10.7. The van der Waals surface area contributed by atoms with Crippen LogP contribution in [0.1, 0.15) is 12.6 Å². The van der Waals surface area contributed by atoms with Crippen LogP contribution < -0.4 is 15.4 Å². The smallest absolute Gasteiger partial charge is 0.131 e. The van der Waals surface area contributed by atoms with Crippen LogP contribution in [-0.2, 0) is 6.54 Å². The SMILES string of the molecule is CCNc1csc(-c2cc(NCCn3c(C)cc4c(OC)cc(F)cc43)ncn2)c1. The molecule has 4 aromatic rings. The summed E-state index contributed by atoms with van der Waals surface area (Å²) < 4.78 is 21.4. The molecule has 6 nitrogen and oxygen atoms in total. The minimum absolute atomic E-state index is 0.306. The number of hydrogen-bond acceptors (Lipinski definition) is 6. The van der Waals surface area contributed by atoms with Gasteiger partial charge in [0.1, 0.15) is 23.7 Å². The highest BCUT2D eigenvalue weighted by atomic mass is 32.1. The maximum atomic E-state index is 14.0. The van der Waals surface area contributed by atoms with Crippen molar-refractivity contribution in [3.63, 3.8) is 0 Å². The van der Waals surface area contributed by atoms with Crippen LogP contribution in [0.25, 0.3) is 21.5 Å². The first-order chi connectivity index (χ1) is 14.6. The van der Waals surface area contributed by atoms with Crippen LogP contribution >= 0.6 is 11.3 Å². The zero-order valence-electron chi connectivity index (χ0n) is 17.2. The third-order valence-corrected chi connectivity index (χ3v) is 5.87. The van der Waals surface area contributed by atoms with E-state index in [2.05, 4.69) is 43.5 Å². The zero-order valence-corrected chi connectivity index (χ0v) is 18.0. The number of rotatable bonds is 8. The Morgan fingerprint density at radius 3 is 2.80 bits per heavy atom. The Kier molecular flexibility index (Phi) is 5.85. The molecule has 0 aliphatic heterocycles. The number of halogens is 1. The topological polar surface area (TPSA) is 64.0 Å². The Balaban J connectivity index is 1.48. The number of benzene rings is 1. The van der Waals surface area contributed by atoms with Crippen LogP contribution in [0.4, 0.5) is 15.9 Å². The predicted molar refractivity (Wildman–Crippen MR) is 121 cm³/mol. The Labute approximate surface area is 178 Å². The van der Waals surface area contributed by atoms with Crippen LogP contribution in [0, 0.1) is 12.7 Å². The minimum atomic E-state index is -0.306. The van der Waals surface area contributed by atoms with E-state index >= 15 is 0 Å². The molecule has 0 radical (unpaired) electrons. The number of aryl methyl sites for hydroxylation is 1. The third-order valence-electron chi connectivity index (χ3n) is 4.92. The zero-order chi connectivity index (χ0) is 21.1. The van der Waals surface area contributed by atoms with E-state index in [0.717, 1.165) is 45.2 Å². The fourth-order valence-electron chi connectivity index (χ4n) is 3.54. The molecule has 156 valence electrons. The van der Waals surface area contributed by atoms with Gasteiger partial charge in [0.2, 0.25) is 0 Å². The summed E-state index contributed by atoms with van der Waals surface area (Å²) >= 11 is 1.65. The normalized spacial score (nSPS) is 11.1. The van der Waals surface area contributed by atoms with E-state index in [1.54, 1.807) is 30.8 Å². The quantitative estimate of drug-likeness (QED) is 0.408. The van der Waals surface area contributed by atoms with E-state index in [-0.39, 0.29) is 5.82 Å². The van der Waals surface area contributed by atoms with E-state index in [9.17, 15) is 4.39 Å². The predicted octanol–water partition coefficient (Wildman–Crippen LogP) is 5.16. The molecule has 0 unspecified atom stereocenters. The number of nitrogens with zero attached hydrogens (tertiary/aromatic N) is 3. The summed E-state index contributed by atoms with van der Waals surface area (Å²) in [5.74, 6) is 1.00. The minimum Gasteiger partial charge on any atom is -0.496 e. The molecule has 0 fully saturated rings. The van der Waals surface area contributed by atoms with E-state index < -0.39 is 0 Å². The second-order valence-corrected chi connectivity index (χ2v) is 7.83. The standard InChI is InChI=1S/C22H24FN5OS/c1-4-24-16-10-21(30-12-16)18-11-22(27-13-26-18)25-5-6-28-14(2)7-17-19(28)8-15(23)9-20(17)29-3/h7-13,24H,4-6H2,1-3H3,(H,25,26,27). The molecular formula is C22H24FN5OS. The lowest BCUT2D eigenvalue weighted by Gasteiger charge is -2.11. The molecular weight excluding hydrogens is 401 g/mol. The van der Waals surface area contributed by atoms with Gasteiger partial charge in [0, 0.05) is 53.9 Å². The number of hydrogen-bond donors (Lipinski definition) is 2. The second kappa shape index (κ2) is 8.71. The highest BCUT2D eigenvalue weighted by Gasteiger charge is 2.12. The first-order valence-electron chi connectivity index (χ1n) is 9.81. The van der Waals surface area contributed by atoms with Gasteiger partial charge in [-0.25, -0.2) is 14.4 Å². The molecule has 2 N–H and O–H groups in total. The number of anilines is 2. The number of ether oxygens (including phenoxy) is 1. The van der Waals surface area contributed by atoms with Crippen LogP contribution in [0.5, 0.6) is 5.75 Å². The number of aromatic nitrogens is 3. The summed E-state index contributed by atoms with van der Waals surface area (Å²) in [6.07, 6.45) is 1.57. The van der Waals surface area contributed by atoms with Crippen LogP contribution in [0.3, 0.4) is 0 Å². The molecule has 0 saturated heterocycles. The van der Waals surface area contributed by atoms with Crippen LogP contribution in [0.2, 0.25) is 0 Å². The summed E-state index contributed by atoms with van der Waals surface area (Å²) in [6.45, 7) is 6.29. The number of methoxy groups -OCH3 is 1. The first kappa shape index (κ1) is 20.2. The fourth-order valence-corrected chi connectivity index (χ4v) is 4.37.